The molecule has 2 rings (SSSR count). The number of ether oxygens (including phenoxy) is 1. The Labute approximate surface area is 146 Å². The van der Waals surface area contributed by atoms with E-state index in [2.05, 4.69) is 46.8 Å². The fraction of sp³-hybridized carbons (Fsp3) is 0.700. The Balaban J connectivity index is 2.30. The average molecular weight is 338 g/mol. The molecular formula is C20H32ClNO. The molecule has 1 aliphatic carbocycles. The lowest BCUT2D eigenvalue weighted by molar-refractivity contribution is 0.282. The van der Waals surface area contributed by atoms with Crippen LogP contribution < -0.4 is 10.5 Å². The van der Waals surface area contributed by atoms with E-state index >= 15 is 0 Å². The third kappa shape index (κ3) is 5.39. The van der Waals surface area contributed by atoms with Crippen molar-refractivity contribution in [2.75, 3.05) is 13.2 Å². The highest BCUT2D eigenvalue weighted by molar-refractivity contribution is 6.32. The molecule has 0 aromatic heterocycles. The van der Waals surface area contributed by atoms with Crippen LogP contribution in [0, 0.1) is 11.3 Å². The first-order valence-electron chi connectivity index (χ1n) is 8.78. The predicted molar refractivity (Wildman–Crippen MR) is 99.5 cm³/mol. The van der Waals surface area contributed by atoms with Crippen molar-refractivity contribution in [2.24, 2.45) is 17.1 Å². The van der Waals surface area contributed by atoms with Crippen LogP contribution in [0.25, 0.3) is 0 Å². The molecule has 1 aromatic rings. The molecule has 0 spiro atoms. The molecule has 0 saturated heterocycles. The molecule has 0 unspecified atom stereocenters. The zero-order valence-electron chi connectivity index (χ0n) is 15.3. The summed E-state index contributed by atoms with van der Waals surface area (Å²) in [6.07, 6.45) is 4.46. The Morgan fingerprint density at radius 1 is 1.17 bits per heavy atom. The molecule has 0 amide bonds. The summed E-state index contributed by atoms with van der Waals surface area (Å²) < 4.78 is 6.03. The van der Waals surface area contributed by atoms with Gasteiger partial charge in [0.05, 0.1) is 11.6 Å². The van der Waals surface area contributed by atoms with Gasteiger partial charge in [-0.05, 0) is 66.2 Å². The Morgan fingerprint density at radius 3 is 2.35 bits per heavy atom. The number of halogens is 1. The molecule has 0 atom stereocenters. The highest BCUT2D eigenvalue weighted by Crippen LogP contribution is 2.41. The van der Waals surface area contributed by atoms with E-state index in [-0.39, 0.29) is 10.8 Å². The topological polar surface area (TPSA) is 35.2 Å². The quantitative estimate of drug-likeness (QED) is 0.728. The fourth-order valence-electron chi connectivity index (χ4n) is 3.46. The standard InChI is InChI=1S/C20H32ClNO/c1-19(2,3)13-20(4,5)16-10-15(8-9-22)18(17(21)11-16)23-12-14-6-7-14/h10-11,14H,6-9,12-13,22H2,1-5H3. The van der Waals surface area contributed by atoms with E-state index in [4.69, 9.17) is 22.1 Å². The molecule has 1 aliphatic rings. The van der Waals surface area contributed by atoms with Crippen molar-refractivity contribution in [3.63, 3.8) is 0 Å². The fourth-order valence-corrected chi connectivity index (χ4v) is 3.75. The molecule has 2 nitrogen and oxygen atoms in total. The zero-order chi connectivity index (χ0) is 17.3. The van der Waals surface area contributed by atoms with Gasteiger partial charge in [0, 0.05) is 0 Å². The Bertz CT molecular complexity index is 541. The Morgan fingerprint density at radius 2 is 1.83 bits per heavy atom. The molecule has 1 saturated carbocycles. The number of hydrogen-bond acceptors (Lipinski definition) is 2. The molecule has 2 N–H and O–H groups in total. The van der Waals surface area contributed by atoms with Gasteiger partial charge in [-0.2, -0.15) is 0 Å². The normalized spacial score (nSPS) is 15.8. The van der Waals surface area contributed by atoms with Crippen LogP contribution in [0.3, 0.4) is 0 Å². The van der Waals surface area contributed by atoms with Crippen LogP contribution in [0.4, 0.5) is 0 Å². The lowest BCUT2D eigenvalue weighted by Gasteiger charge is -2.33. The van der Waals surface area contributed by atoms with Gasteiger partial charge in [0.2, 0.25) is 0 Å². The molecule has 3 heteroatoms. The Hall–Kier alpha value is -0.730. The first kappa shape index (κ1) is 18.6. The van der Waals surface area contributed by atoms with Crippen LogP contribution >= 0.6 is 11.6 Å². The SMILES string of the molecule is CC(C)(C)CC(C)(C)c1cc(Cl)c(OCC2CC2)c(CCN)c1. The van der Waals surface area contributed by atoms with Crippen LogP contribution in [-0.4, -0.2) is 13.2 Å². The molecule has 130 valence electrons. The first-order chi connectivity index (χ1) is 10.6. The van der Waals surface area contributed by atoms with Gasteiger partial charge < -0.3 is 10.5 Å². The third-order valence-corrected chi connectivity index (χ3v) is 4.73. The van der Waals surface area contributed by atoms with Crippen molar-refractivity contribution in [1.29, 1.82) is 0 Å². The minimum absolute atomic E-state index is 0.0697. The highest BCUT2D eigenvalue weighted by Gasteiger charge is 2.29. The van der Waals surface area contributed by atoms with Crippen molar-refractivity contribution < 1.29 is 4.74 Å². The van der Waals surface area contributed by atoms with Gasteiger partial charge in [0.25, 0.3) is 0 Å². The molecular weight excluding hydrogens is 306 g/mol. The van der Waals surface area contributed by atoms with E-state index < -0.39 is 0 Å². The van der Waals surface area contributed by atoms with Gasteiger partial charge in [-0.3, -0.25) is 0 Å². The summed E-state index contributed by atoms with van der Waals surface area (Å²) in [5.74, 6) is 1.56. The van der Waals surface area contributed by atoms with E-state index in [1.165, 1.54) is 18.4 Å². The van der Waals surface area contributed by atoms with E-state index in [0.717, 1.165) is 35.8 Å². The van der Waals surface area contributed by atoms with Crippen molar-refractivity contribution in [2.45, 2.75) is 65.7 Å². The monoisotopic (exact) mass is 337 g/mol. The molecule has 23 heavy (non-hydrogen) atoms. The number of nitrogens with two attached hydrogens (primary N) is 1. The lowest BCUT2D eigenvalue weighted by Crippen LogP contribution is -2.25. The van der Waals surface area contributed by atoms with Crippen LogP contribution in [0.15, 0.2) is 12.1 Å². The van der Waals surface area contributed by atoms with Crippen LogP contribution in [-0.2, 0) is 11.8 Å². The molecule has 0 heterocycles. The van der Waals surface area contributed by atoms with Crippen molar-refractivity contribution >= 4 is 11.6 Å². The average Bonchev–Trinajstić information content (AvgIpc) is 3.19. The highest BCUT2D eigenvalue weighted by atomic mass is 35.5. The summed E-state index contributed by atoms with van der Waals surface area (Å²) in [4.78, 5) is 0. The summed E-state index contributed by atoms with van der Waals surface area (Å²) in [6, 6.07) is 4.35. The Kier molecular flexibility index (Phi) is 5.68. The summed E-state index contributed by atoms with van der Waals surface area (Å²) in [6.45, 7) is 12.8. The van der Waals surface area contributed by atoms with Gasteiger partial charge in [-0.15, -0.1) is 0 Å². The first-order valence-corrected chi connectivity index (χ1v) is 9.16. The van der Waals surface area contributed by atoms with Crippen molar-refractivity contribution in [3.05, 3.63) is 28.3 Å². The molecule has 0 bridgehead atoms. The predicted octanol–water partition coefficient (Wildman–Crippen LogP) is 5.34. The maximum atomic E-state index is 6.59. The van der Waals surface area contributed by atoms with E-state index in [0.29, 0.717) is 12.5 Å². The summed E-state index contributed by atoms with van der Waals surface area (Å²) in [5, 5.41) is 0.730. The summed E-state index contributed by atoms with van der Waals surface area (Å²) in [5.41, 5.74) is 8.58. The van der Waals surface area contributed by atoms with Gasteiger partial charge >= 0.3 is 0 Å². The number of rotatable bonds is 7. The minimum atomic E-state index is 0.0697. The number of hydrogen-bond donors (Lipinski definition) is 1. The zero-order valence-corrected chi connectivity index (χ0v) is 16.1. The maximum absolute atomic E-state index is 6.59. The van der Waals surface area contributed by atoms with Gasteiger partial charge in [-0.1, -0.05) is 52.3 Å². The van der Waals surface area contributed by atoms with E-state index in [1.54, 1.807) is 0 Å². The van der Waals surface area contributed by atoms with Gasteiger partial charge in [0.1, 0.15) is 5.75 Å². The molecule has 0 aliphatic heterocycles. The van der Waals surface area contributed by atoms with Crippen molar-refractivity contribution in [3.8, 4) is 5.75 Å². The maximum Gasteiger partial charge on any atom is 0.141 e. The van der Waals surface area contributed by atoms with Gasteiger partial charge in [-0.25, -0.2) is 0 Å². The van der Waals surface area contributed by atoms with Crippen molar-refractivity contribution in [1.82, 2.24) is 0 Å². The second kappa shape index (κ2) is 7.03. The van der Waals surface area contributed by atoms with Gasteiger partial charge in [0.15, 0.2) is 0 Å². The number of benzene rings is 1. The van der Waals surface area contributed by atoms with Crippen LogP contribution in [0.2, 0.25) is 5.02 Å². The third-order valence-electron chi connectivity index (χ3n) is 4.45. The minimum Gasteiger partial charge on any atom is -0.491 e. The molecule has 1 fully saturated rings. The van der Waals surface area contributed by atoms with E-state index in [9.17, 15) is 0 Å². The summed E-state index contributed by atoms with van der Waals surface area (Å²) >= 11 is 6.59. The second-order valence-electron chi connectivity index (χ2n) is 8.86. The van der Waals surface area contributed by atoms with Crippen LogP contribution in [0.1, 0.15) is 65.0 Å². The van der Waals surface area contributed by atoms with E-state index in [1.807, 2.05) is 0 Å². The molecule has 1 aromatic carbocycles. The lowest BCUT2D eigenvalue weighted by atomic mass is 9.72. The van der Waals surface area contributed by atoms with Crippen LogP contribution in [0.5, 0.6) is 5.75 Å². The largest absolute Gasteiger partial charge is 0.491 e. The molecule has 0 radical (unpaired) electrons. The second-order valence-corrected chi connectivity index (χ2v) is 9.27. The summed E-state index contributed by atoms with van der Waals surface area (Å²) in [7, 11) is 0. The smallest absolute Gasteiger partial charge is 0.141 e.